The Balaban J connectivity index is 0.977. The molecular formula is C52H51N. The lowest BCUT2D eigenvalue weighted by molar-refractivity contribution is -0.00518. The van der Waals surface area contributed by atoms with Crippen LogP contribution in [-0.2, 0) is 16.2 Å². The molecule has 4 bridgehead atoms. The summed E-state index contributed by atoms with van der Waals surface area (Å²) in [7, 11) is 0. The topological polar surface area (TPSA) is 3.24 Å². The smallest absolute Gasteiger partial charge is 0.0465 e. The van der Waals surface area contributed by atoms with Crippen LogP contribution in [0.25, 0.3) is 27.8 Å². The van der Waals surface area contributed by atoms with E-state index in [1.54, 1.807) is 11.1 Å². The predicted molar refractivity (Wildman–Crippen MR) is 222 cm³/mol. The van der Waals surface area contributed by atoms with E-state index in [-0.39, 0.29) is 10.8 Å². The van der Waals surface area contributed by atoms with Gasteiger partial charge in [-0.2, -0.15) is 0 Å². The van der Waals surface area contributed by atoms with Gasteiger partial charge in [0, 0.05) is 27.9 Å². The second-order valence-corrected chi connectivity index (χ2v) is 18.7. The first-order valence-electron chi connectivity index (χ1n) is 20.5. The van der Waals surface area contributed by atoms with Crippen molar-refractivity contribution in [2.45, 2.75) is 95.3 Å². The molecule has 12 rings (SSSR count). The summed E-state index contributed by atoms with van der Waals surface area (Å²) in [5.41, 5.74) is 19.7. The van der Waals surface area contributed by atoms with Gasteiger partial charge in [0.05, 0.1) is 0 Å². The van der Waals surface area contributed by atoms with E-state index in [1.807, 2.05) is 0 Å². The Morgan fingerprint density at radius 1 is 0.528 bits per heavy atom. The Hall–Kier alpha value is -4.62. The Morgan fingerprint density at radius 3 is 1.74 bits per heavy atom. The summed E-state index contributed by atoms with van der Waals surface area (Å²) in [6, 6.07) is 42.6. The molecule has 0 amide bonds. The number of fused-ring (bicyclic) bond motifs is 5. The van der Waals surface area contributed by atoms with Gasteiger partial charge in [-0.1, -0.05) is 118 Å². The normalized spacial score (nSPS) is 26.3. The van der Waals surface area contributed by atoms with Gasteiger partial charge in [-0.25, -0.2) is 0 Å². The van der Waals surface area contributed by atoms with E-state index in [2.05, 4.69) is 154 Å². The van der Waals surface area contributed by atoms with Gasteiger partial charge < -0.3 is 4.90 Å². The maximum atomic E-state index is 2.50. The molecule has 4 saturated carbocycles. The third-order valence-corrected chi connectivity index (χ3v) is 15.0. The second kappa shape index (κ2) is 11.2. The predicted octanol–water partition coefficient (Wildman–Crippen LogP) is 14.0. The lowest BCUT2D eigenvalue weighted by Gasteiger charge is -2.57. The molecule has 1 heteroatoms. The number of benzene rings is 5. The zero-order chi connectivity index (χ0) is 35.7. The molecule has 0 spiro atoms. The maximum Gasteiger partial charge on any atom is 0.0465 e. The highest BCUT2D eigenvalue weighted by atomic mass is 15.1. The molecule has 0 saturated heterocycles. The molecule has 0 radical (unpaired) electrons. The first-order valence-corrected chi connectivity index (χ1v) is 20.5. The van der Waals surface area contributed by atoms with Gasteiger partial charge in [0.1, 0.15) is 0 Å². The van der Waals surface area contributed by atoms with E-state index >= 15 is 0 Å². The van der Waals surface area contributed by atoms with Gasteiger partial charge in [0.25, 0.3) is 0 Å². The van der Waals surface area contributed by atoms with Gasteiger partial charge in [0.15, 0.2) is 0 Å². The first-order chi connectivity index (χ1) is 25.7. The fourth-order valence-electron chi connectivity index (χ4n) is 12.7. The quantitative estimate of drug-likeness (QED) is 0.178. The highest BCUT2D eigenvalue weighted by Gasteiger charge is 2.51. The van der Waals surface area contributed by atoms with Crippen molar-refractivity contribution in [2.24, 2.45) is 17.8 Å². The van der Waals surface area contributed by atoms with Crippen molar-refractivity contribution in [2.75, 3.05) is 4.90 Å². The number of allylic oxidation sites excluding steroid dienone is 4. The largest absolute Gasteiger partial charge is 0.310 e. The van der Waals surface area contributed by atoms with Crippen molar-refractivity contribution in [3.63, 3.8) is 0 Å². The summed E-state index contributed by atoms with van der Waals surface area (Å²) in [5, 5.41) is 0. The number of hydrogen-bond acceptors (Lipinski definition) is 1. The van der Waals surface area contributed by atoms with Crippen molar-refractivity contribution in [1.29, 1.82) is 0 Å². The first kappa shape index (κ1) is 31.9. The van der Waals surface area contributed by atoms with Crippen LogP contribution in [0.15, 0.2) is 127 Å². The highest BCUT2D eigenvalue weighted by Crippen LogP contribution is 2.61. The highest BCUT2D eigenvalue weighted by molar-refractivity contribution is 5.90. The number of anilines is 3. The Morgan fingerprint density at radius 2 is 1.08 bits per heavy atom. The second-order valence-electron chi connectivity index (χ2n) is 18.7. The van der Waals surface area contributed by atoms with E-state index in [4.69, 9.17) is 0 Å². The third kappa shape index (κ3) is 4.68. The third-order valence-electron chi connectivity index (χ3n) is 15.0. The summed E-state index contributed by atoms with van der Waals surface area (Å²) in [6.45, 7) is 9.63. The number of rotatable bonds is 5. The minimum absolute atomic E-state index is 0.0187. The summed E-state index contributed by atoms with van der Waals surface area (Å²) in [5.74, 6) is 2.91. The lowest BCUT2D eigenvalue weighted by Crippen LogP contribution is -2.48. The van der Waals surface area contributed by atoms with Gasteiger partial charge in [-0.3, -0.25) is 0 Å². The van der Waals surface area contributed by atoms with E-state index in [1.165, 1.54) is 106 Å². The van der Waals surface area contributed by atoms with Crippen LogP contribution in [0.4, 0.5) is 17.1 Å². The summed E-state index contributed by atoms with van der Waals surface area (Å²) >= 11 is 0. The molecular weight excluding hydrogens is 639 g/mol. The zero-order valence-electron chi connectivity index (χ0n) is 31.9. The zero-order valence-corrected chi connectivity index (χ0v) is 31.9. The summed E-state index contributed by atoms with van der Waals surface area (Å²) in [4.78, 5) is 2.50. The van der Waals surface area contributed by atoms with Crippen LogP contribution in [0.5, 0.6) is 0 Å². The number of nitrogens with zero attached hydrogens (tertiary/aromatic N) is 1. The van der Waals surface area contributed by atoms with E-state index in [0.717, 1.165) is 30.6 Å². The maximum absolute atomic E-state index is 2.50. The van der Waals surface area contributed by atoms with Crippen molar-refractivity contribution in [3.8, 4) is 22.3 Å². The minimum Gasteiger partial charge on any atom is -0.310 e. The van der Waals surface area contributed by atoms with Crippen molar-refractivity contribution in [3.05, 3.63) is 155 Å². The van der Waals surface area contributed by atoms with Crippen molar-refractivity contribution >= 4 is 22.6 Å². The van der Waals surface area contributed by atoms with Crippen LogP contribution >= 0.6 is 0 Å². The molecule has 0 N–H and O–H groups in total. The molecule has 0 aliphatic heterocycles. The van der Waals surface area contributed by atoms with Gasteiger partial charge in [-0.15, -0.1) is 0 Å². The fourth-order valence-corrected chi connectivity index (χ4v) is 12.7. The Kier molecular flexibility index (Phi) is 6.74. The molecule has 4 fully saturated rings. The molecule has 0 heterocycles. The van der Waals surface area contributed by atoms with Crippen LogP contribution in [0.3, 0.4) is 0 Å². The molecule has 0 atom stereocenters. The standard InChI is InChI=1S/C52H51N/c1-50(2)46-11-7-5-9-42(46)44-23-21-40(28-48(44)50)53(41-22-24-45-43-10-6-8-12-47(43)51(3,4)49(45)29-41)39-19-15-37(16-20-39)36-13-17-38(18-14-36)52-30-33-25-34(31-52)27-35(26-33)32-52/h5-7,9-11,13-24,28-29,33-35H,8,12,25-27,30-32H2,1-4H3. The summed E-state index contributed by atoms with van der Waals surface area (Å²) < 4.78 is 0. The molecule has 0 aromatic heterocycles. The fraction of sp³-hybridized carbons (Fsp3) is 0.346. The SMILES string of the molecule is CC1(C)C2=C(C=CCC2)c2ccc(N(c3ccc(-c4ccc(C56CC7CC(CC(C7)C5)C6)cc4)cc3)c3ccc4c(c3)C(C)(C)c3ccccc3-4)cc21. The van der Waals surface area contributed by atoms with Crippen LogP contribution in [-0.4, -0.2) is 0 Å². The van der Waals surface area contributed by atoms with Gasteiger partial charge in [0.2, 0.25) is 0 Å². The molecule has 1 nitrogen and oxygen atoms in total. The molecule has 5 aromatic rings. The van der Waals surface area contributed by atoms with Crippen LogP contribution in [0, 0.1) is 17.8 Å². The molecule has 53 heavy (non-hydrogen) atoms. The average Bonchev–Trinajstić information content (AvgIpc) is 3.54. The van der Waals surface area contributed by atoms with Crippen LogP contribution in [0.1, 0.15) is 107 Å². The van der Waals surface area contributed by atoms with Crippen molar-refractivity contribution < 1.29 is 0 Å². The Bertz CT molecular complexity index is 2330. The summed E-state index contributed by atoms with van der Waals surface area (Å²) in [6.07, 6.45) is 15.8. The average molecular weight is 690 g/mol. The molecule has 5 aromatic carbocycles. The molecule has 7 aliphatic carbocycles. The van der Waals surface area contributed by atoms with Crippen LogP contribution < -0.4 is 4.90 Å². The van der Waals surface area contributed by atoms with Gasteiger partial charge in [-0.05, 0) is 167 Å². The van der Waals surface area contributed by atoms with E-state index < -0.39 is 0 Å². The van der Waals surface area contributed by atoms with E-state index in [9.17, 15) is 0 Å². The van der Waals surface area contributed by atoms with Crippen LogP contribution in [0.2, 0.25) is 0 Å². The van der Waals surface area contributed by atoms with Gasteiger partial charge >= 0.3 is 0 Å². The molecule has 0 unspecified atom stereocenters. The number of hydrogen-bond donors (Lipinski definition) is 0. The minimum atomic E-state index is -0.0605. The monoisotopic (exact) mass is 689 g/mol. The molecule has 7 aliphatic rings. The molecule has 264 valence electrons. The van der Waals surface area contributed by atoms with E-state index in [0.29, 0.717) is 5.41 Å². The Labute approximate surface area is 316 Å². The lowest BCUT2D eigenvalue weighted by atomic mass is 9.48. The van der Waals surface area contributed by atoms with Crippen molar-refractivity contribution in [1.82, 2.24) is 0 Å².